The minimum absolute atomic E-state index is 0.295. The van der Waals surface area contributed by atoms with Crippen LogP contribution in [0.25, 0.3) is 0 Å². The maximum absolute atomic E-state index is 11.9. The second-order valence-corrected chi connectivity index (χ2v) is 5.17. The van der Waals surface area contributed by atoms with Crippen molar-refractivity contribution in [3.05, 3.63) is 0 Å². The van der Waals surface area contributed by atoms with Gasteiger partial charge in [-0.25, -0.2) is 0 Å². The van der Waals surface area contributed by atoms with Crippen molar-refractivity contribution in [3.8, 4) is 0 Å². The summed E-state index contributed by atoms with van der Waals surface area (Å²) in [6.07, 6.45) is 1.29. The summed E-state index contributed by atoms with van der Waals surface area (Å²) in [6, 6.07) is 0.337. The zero-order chi connectivity index (χ0) is 11.0. The first kappa shape index (κ1) is 14.1. The molecule has 0 bridgehead atoms. The normalized spacial score (nSPS) is 14.3. The first-order valence-electron chi connectivity index (χ1n) is 5.19. The van der Waals surface area contributed by atoms with E-state index in [1.165, 1.54) is 0 Å². The molecule has 0 saturated carbocycles. The van der Waals surface area contributed by atoms with E-state index in [4.69, 9.17) is 9.05 Å². The van der Waals surface area contributed by atoms with E-state index in [2.05, 4.69) is 12.2 Å². The minimum Gasteiger partial charge on any atom is -0.308 e. The van der Waals surface area contributed by atoms with Gasteiger partial charge in [0.2, 0.25) is 0 Å². The van der Waals surface area contributed by atoms with Crippen molar-refractivity contribution in [2.24, 2.45) is 0 Å². The van der Waals surface area contributed by atoms with Gasteiger partial charge in [-0.2, -0.15) is 0 Å². The topological polar surface area (TPSA) is 47.6 Å². The van der Waals surface area contributed by atoms with Crippen LogP contribution in [0.1, 0.15) is 34.1 Å². The lowest BCUT2D eigenvalue weighted by atomic mass is 10.3. The lowest BCUT2D eigenvalue weighted by molar-refractivity contribution is 0.217. The molecule has 0 radical (unpaired) electrons. The monoisotopic (exact) mass is 223 g/mol. The highest BCUT2D eigenvalue weighted by Crippen LogP contribution is 2.46. The summed E-state index contributed by atoms with van der Waals surface area (Å²) in [6.45, 7) is 8.58. The van der Waals surface area contributed by atoms with Crippen molar-refractivity contribution < 1.29 is 13.6 Å². The van der Waals surface area contributed by atoms with Gasteiger partial charge < -0.3 is 14.4 Å². The van der Waals surface area contributed by atoms with Crippen LogP contribution in [-0.2, 0) is 13.6 Å². The van der Waals surface area contributed by atoms with Crippen LogP contribution >= 0.6 is 7.60 Å². The second kappa shape index (κ2) is 7.41. The average molecular weight is 223 g/mol. The van der Waals surface area contributed by atoms with Crippen molar-refractivity contribution in [2.45, 2.75) is 40.2 Å². The highest BCUT2D eigenvalue weighted by molar-refractivity contribution is 7.53. The number of nitrogens with one attached hydrogen (secondary N) is 1. The molecule has 14 heavy (non-hydrogen) atoms. The Morgan fingerprint density at radius 1 is 1.21 bits per heavy atom. The van der Waals surface area contributed by atoms with Crippen molar-refractivity contribution in [1.29, 1.82) is 0 Å². The van der Waals surface area contributed by atoms with Crippen molar-refractivity contribution in [2.75, 3.05) is 19.5 Å². The predicted octanol–water partition coefficient (Wildman–Crippen LogP) is 2.60. The first-order chi connectivity index (χ1) is 6.58. The Balaban J connectivity index is 4.02. The smallest absolute Gasteiger partial charge is 0.308 e. The average Bonchev–Trinajstić information content (AvgIpc) is 2.15. The van der Waals surface area contributed by atoms with Gasteiger partial charge in [-0.1, -0.05) is 6.92 Å². The largest absolute Gasteiger partial charge is 0.344 e. The van der Waals surface area contributed by atoms with Crippen LogP contribution in [0, 0.1) is 0 Å². The van der Waals surface area contributed by atoms with Gasteiger partial charge in [0.05, 0.1) is 19.5 Å². The molecule has 0 aliphatic rings. The maximum atomic E-state index is 11.9. The fourth-order valence-electron chi connectivity index (χ4n) is 0.934. The number of hydrogen-bond donors (Lipinski definition) is 1. The van der Waals surface area contributed by atoms with Crippen LogP contribution in [-0.4, -0.2) is 25.5 Å². The van der Waals surface area contributed by atoms with E-state index in [9.17, 15) is 4.57 Å². The molecule has 0 amide bonds. The number of rotatable bonds is 8. The fraction of sp³-hybridized carbons (Fsp3) is 1.00. The van der Waals surface area contributed by atoms with E-state index in [0.717, 1.165) is 6.42 Å². The SMILES string of the molecule is CCOP(=O)(CNC(C)CC)OCC. The highest BCUT2D eigenvalue weighted by atomic mass is 31.2. The molecule has 5 heteroatoms. The molecule has 0 saturated heterocycles. The van der Waals surface area contributed by atoms with Gasteiger partial charge in [0.15, 0.2) is 0 Å². The van der Waals surface area contributed by atoms with Gasteiger partial charge >= 0.3 is 7.60 Å². The molecular weight excluding hydrogens is 201 g/mol. The molecule has 1 N–H and O–H groups in total. The molecule has 0 aromatic rings. The first-order valence-corrected chi connectivity index (χ1v) is 6.92. The van der Waals surface area contributed by atoms with Crippen molar-refractivity contribution in [3.63, 3.8) is 0 Å². The second-order valence-electron chi connectivity index (χ2n) is 3.12. The van der Waals surface area contributed by atoms with Crippen molar-refractivity contribution >= 4 is 7.60 Å². The lowest BCUT2D eigenvalue weighted by Crippen LogP contribution is -2.27. The molecule has 0 aromatic carbocycles. The molecule has 0 aromatic heterocycles. The van der Waals surface area contributed by atoms with Crippen LogP contribution in [0.4, 0.5) is 0 Å². The van der Waals surface area contributed by atoms with E-state index in [-0.39, 0.29) is 0 Å². The third-order valence-electron chi connectivity index (χ3n) is 1.90. The summed E-state index contributed by atoms with van der Waals surface area (Å²) in [5.41, 5.74) is 0. The van der Waals surface area contributed by atoms with E-state index in [1.807, 2.05) is 20.8 Å². The molecule has 0 fully saturated rings. The maximum Gasteiger partial charge on any atom is 0.344 e. The molecule has 0 rings (SSSR count). The predicted molar refractivity (Wildman–Crippen MR) is 58.6 cm³/mol. The zero-order valence-corrected chi connectivity index (χ0v) is 10.5. The van der Waals surface area contributed by atoms with Crippen LogP contribution in [0.3, 0.4) is 0 Å². The van der Waals surface area contributed by atoms with Crippen molar-refractivity contribution in [1.82, 2.24) is 5.32 Å². The van der Waals surface area contributed by atoms with Crippen LogP contribution in [0.5, 0.6) is 0 Å². The van der Waals surface area contributed by atoms with Gasteiger partial charge in [-0.3, -0.25) is 4.57 Å². The summed E-state index contributed by atoms with van der Waals surface area (Å²) in [5.74, 6) is 0. The van der Waals surface area contributed by atoms with Crippen LogP contribution in [0.2, 0.25) is 0 Å². The Bertz CT molecular complexity index is 177. The Hall–Kier alpha value is 0.110. The quantitative estimate of drug-likeness (QED) is 0.642. The van der Waals surface area contributed by atoms with Gasteiger partial charge in [0.1, 0.15) is 0 Å². The molecular formula is C9H22NO3P. The van der Waals surface area contributed by atoms with Gasteiger partial charge in [0.25, 0.3) is 0 Å². The lowest BCUT2D eigenvalue weighted by Gasteiger charge is -2.19. The van der Waals surface area contributed by atoms with Gasteiger partial charge in [-0.15, -0.1) is 0 Å². The summed E-state index contributed by atoms with van der Waals surface area (Å²) in [5, 5.41) is 3.13. The summed E-state index contributed by atoms with van der Waals surface area (Å²) in [4.78, 5) is 0. The molecule has 1 unspecified atom stereocenters. The highest BCUT2D eigenvalue weighted by Gasteiger charge is 2.23. The zero-order valence-electron chi connectivity index (χ0n) is 9.58. The van der Waals surface area contributed by atoms with E-state index < -0.39 is 7.60 Å². The summed E-state index contributed by atoms with van der Waals surface area (Å²) < 4.78 is 22.2. The third-order valence-corrected chi connectivity index (χ3v) is 3.77. The molecule has 4 nitrogen and oxygen atoms in total. The Morgan fingerprint density at radius 2 is 1.71 bits per heavy atom. The van der Waals surface area contributed by atoms with E-state index in [0.29, 0.717) is 25.5 Å². The fourth-order valence-corrected chi connectivity index (χ4v) is 2.51. The minimum atomic E-state index is -2.90. The molecule has 0 spiro atoms. The van der Waals surface area contributed by atoms with E-state index >= 15 is 0 Å². The molecule has 1 atom stereocenters. The molecule has 0 aliphatic carbocycles. The van der Waals surface area contributed by atoms with Crippen LogP contribution < -0.4 is 5.32 Å². The van der Waals surface area contributed by atoms with Gasteiger partial charge in [0, 0.05) is 6.04 Å². The Kier molecular flexibility index (Phi) is 7.47. The van der Waals surface area contributed by atoms with Crippen LogP contribution in [0.15, 0.2) is 0 Å². The molecule has 0 aliphatic heterocycles. The summed E-state index contributed by atoms with van der Waals surface area (Å²) >= 11 is 0. The molecule has 0 heterocycles. The Morgan fingerprint density at radius 3 is 2.07 bits per heavy atom. The number of hydrogen-bond acceptors (Lipinski definition) is 4. The third kappa shape index (κ3) is 5.76. The van der Waals surface area contributed by atoms with Gasteiger partial charge in [-0.05, 0) is 27.2 Å². The standard InChI is InChI=1S/C9H22NO3P/c1-5-9(4)10-8-14(11,12-6-2)13-7-3/h9-10H,5-8H2,1-4H3. The molecule has 86 valence electrons. The van der Waals surface area contributed by atoms with E-state index in [1.54, 1.807) is 0 Å². The Labute approximate surface area is 86.9 Å². The summed E-state index contributed by atoms with van der Waals surface area (Å²) in [7, 11) is -2.90.